The number of carbonyl (C=O) groups is 1. The van der Waals surface area contributed by atoms with Gasteiger partial charge in [-0.2, -0.15) is 13.2 Å². The van der Waals surface area contributed by atoms with Gasteiger partial charge in [0.15, 0.2) is 0 Å². The van der Waals surface area contributed by atoms with Crippen LogP contribution in [-0.4, -0.2) is 34.2 Å². The number of carbonyl (C=O) groups excluding carboxylic acids is 1. The van der Waals surface area contributed by atoms with Gasteiger partial charge in [-0.25, -0.2) is 5.84 Å². The van der Waals surface area contributed by atoms with Gasteiger partial charge in [-0.1, -0.05) is 17.7 Å². The molecule has 7 N–H and O–H groups in total. The number of nitrogens with two attached hydrogens (primary N) is 3. The normalized spacial score (nSPS) is 17.9. The van der Waals surface area contributed by atoms with Crippen LogP contribution in [-0.2, 0) is 6.18 Å². The van der Waals surface area contributed by atoms with Crippen molar-refractivity contribution >= 4 is 23.3 Å². The lowest BCUT2D eigenvalue weighted by atomic mass is 10.0. The third-order valence-corrected chi connectivity index (χ3v) is 4.74. The van der Waals surface area contributed by atoms with Crippen molar-refractivity contribution in [1.29, 1.82) is 5.41 Å². The Bertz CT molecular complexity index is 852. The molecular weight excluding hydrogens is 397 g/mol. The molecule has 0 saturated heterocycles. The average Bonchev–Trinajstić information content (AvgIpc) is 2.61. The largest absolute Gasteiger partial charge is 0.417 e. The number of nitrogens with zero attached hydrogens (tertiary/aromatic N) is 2. The molecule has 1 amide bonds. The molecule has 1 aromatic carbocycles. The van der Waals surface area contributed by atoms with E-state index in [1.165, 1.54) is 17.0 Å². The maximum Gasteiger partial charge on any atom is 0.417 e. The summed E-state index contributed by atoms with van der Waals surface area (Å²) in [5, 5.41) is 8.20. The summed E-state index contributed by atoms with van der Waals surface area (Å²) in [6, 6.07) is 2.73. The average molecular weight is 417 g/mol. The van der Waals surface area contributed by atoms with Crippen LogP contribution in [0.1, 0.15) is 29.3 Å². The van der Waals surface area contributed by atoms with Crippen molar-refractivity contribution in [3.63, 3.8) is 0 Å². The summed E-state index contributed by atoms with van der Waals surface area (Å²) in [5.74, 6) is 5.09. The van der Waals surface area contributed by atoms with E-state index in [0.29, 0.717) is 5.70 Å². The molecule has 0 fully saturated rings. The van der Waals surface area contributed by atoms with Crippen molar-refractivity contribution < 1.29 is 18.0 Å². The van der Waals surface area contributed by atoms with Crippen molar-refractivity contribution in [2.24, 2.45) is 17.3 Å². The molecule has 1 aliphatic heterocycles. The third kappa shape index (κ3) is 4.23. The molecular formula is C17H20ClF3N6O. The lowest BCUT2D eigenvalue weighted by Crippen LogP contribution is -2.49. The van der Waals surface area contributed by atoms with Crippen molar-refractivity contribution in [1.82, 2.24) is 9.91 Å². The maximum atomic E-state index is 13.1. The topological polar surface area (TPSA) is 125 Å². The van der Waals surface area contributed by atoms with Gasteiger partial charge in [0, 0.05) is 18.2 Å². The summed E-state index contributed by atoms with van der Waals surface area (Å²) in [7, 11) is 0. The zero-order valence-electron chi connectivity index (χ0n) is 14.9. The zero-order chi connectivity index (χ0) is 21.2. The summed E-state index contributed by atoms with van der Waals surface area (Å²) < 4.78 is 39.2. The highest BCUT2D eigenvalue weighted by Gasteiger charge is 2.37. The van der Waals surface area contributed by atoms with Crippen molar-refractivity contribution in [2.45, 2.75) is 25.6 Å². The number of amidine groups is 1. The molecule has 1 atom stereocenters. The molecule has 7 nitrogen and oxygen atoms in total. The number of hydrogen-bond donors (Lipinski definition) is 4. The fraction of sp³-hybridized carbons (Fsp3) is 0.294. The highest BCUT2D eigenvalue weighted by molar-refractivity contribution is 6.34. The van der Waals surface area contributed by atoms with E-state index in [-0.39, 0.29) is 30.1 Å². The van der Waals surface area contributed by atoms with Crippen LogP contribution in [0.2, 0.25) is 5.02 Å². The lowest BCUT2D eigenvalue weighted by Gasteiger charge is -2.37. The zero-order valence-corrected chi connectivity index (χ0v) is 15.7. The molecule has 1 unspecified atom stereocenters. The second-order valence-corrected chi connectivity index (χ2v) is 6.62. The Labute approximate surface area is 164 Å². The van der Waals surface area contributed by atoms with Gasteiger partial charge in [0.1, 0.15) is 5.84 Å². The third-order valence-electron chi connectivity index (χ3n) is 4.33. The van der Waals surface area contributed by atoms with Gasteiger partial charge >= 0.3 is 6.18 Å². The van der Waals surface area contributed by atoms with E-state index in [1.807, 2.05) is 0 Å². The van der Waals surface area contributed by atoms with Crippen LogP contribution in [0.3, 0.4) is 0 Å². The fourth-order valence-electron chi connectivity index (χ4n) is 2.86. The molecule has 0 radical (unpaired) electrons. The van der Waals surface area contributed by atoms with Gasteiger partial charge in [0.25, 0.3) is 5.91 Å². The monoisotopic (exact) mass is 416 g/mol. The van der Waals surface area contributed by atoms with E-state index < -0.39 is 28.7 Å². The molecule has 0 aliphatic carbocycles. The quantitative estimate of drug-likeness (QED) is 0.260. The van der Waals surface area contributed by atoms with Crippen molar-refractivity contribution in [3.05, 3.63) is 58.0 Å². The number of alkyl halides is 3. The number of nitrogens with one attached hydrogen (secondary N) is 1. The molecule has 152 valence electrons. The second-order valence-electron chi connectivity index (χ2n) is 6.24. The summed E-state index contributed by atoms with van der Waals surface area (Å²) in [6.07, 6.45) is -2.06. The first kappa shape index (κ1) is 21.6. The Morgan fingerprint density at radius 2 is 2.07 bits per heavy atom. The summed E-state index contributed by atoms with van der Waals surface area (Å²) in [6.45, 7) is 1.62. The van der Waals surface area contributed by atoms with Gasteiger partial charge in [-0.3, -0.25) is 15.2 Å². The van der Waals surface area contributed by atoms with Crippen LogP contribution in [0.25, 0.3) is 0 Å². The van der Waals surface area contributed by atoms with Crippen LogP contribution >= 0.6 is 11.6 Å². The minimum absolute atomic E-state index is 0.0742. The Balaban J connectivity index is 2.34. The first-order chi connectivity index (χ1) is 13.0. The van der Waals surface area contributed by atoms with Crippen LogP contribution in [0.4, 0.5) is 13.2 Å². The number of benzene rings is 1. The summed E-state index contributed by atoms with van der Waals surface area (Å²) >= 11 is 5.86. The molecule has 0 bridgehead atoms. The number of amides is 1. The number of hydrazine groups is 1. The Kier molecular flexibility index (Phi) is 6.25. The highest BCUT2D eigenvalue weighted by atomic mass is 35.5. The van der Waals surface area contributed by atoms with Crippen LogP contribution in [0.15, 0.2) is 41.9 Å². The molecule has 28 heavy (non-hydrogen) atoms. The molecule has 2 rings (SSSR count). The molecule has 0 aromatic heterocycles. The van der Waals surface area contributed by atoms with Crippen LogP contribution in [0.5, 0.6) is 0 Å². The number of rotatable bonds is 3. The molecule has 1 aromatic rings. The molecule has 1 heterocycles. The predicted molar refractivity (Wildman–Crippen MR) is 99.9 cm³/mol. The van der Waals surface area contributed by atoms with Gasteiger partial charge in [0.2, 0.25) is 0 Å². The predicted octanol–water partition coefficient (Wildman–Crippen LogP) is 2.39. The van der Waals surface area contributed by atoms with Crippen LogP contribution in [0, 0.1) is 5.41 Å². The van der Waals surface area contributed by atoms with Crippen molar-refractivity contribution in [3.8, 4) is 0 Å². The second kappa shape index (κ2) is 8.11. The van der Waals surface area contributed by atoms with Gasteiger partial charge in [-0.05, 0) is 31.3 Å². The number of hydrogen-bond acceptors (Lipinski definition) is 5. The smallest absolute Gasteiger partial charge is 0.404 e. The lowest BCUT2D eigenvalue weighted by molar-refractivity contribution is -0.137. The van der Waals surface area contributed by atoms with E-state index in [0.717, 1.165) is 23.3 Å². The molecule has 0 spiro atoms. The summed E-state index contributed by atoms with van der Waals surface area (Å²) in [4.78, 5) is 14.2. The van der Waals surface area contributed by atoms with E-state index in [1.54, 1.807) is 6.92 Å². The molecule has 0 saturated carbocycles. The van der Waals surface area contributed by atoms with Gasteiger partial charge in [-0.15, -0.1) is 0 Å². The standard InChI is InChI=1S/C17H20ClF3N6O/c1-9-7-13(27(25)14(24)5-6-22)12(23)8-26(9)16(28)10-3-2-4-11(15(10)18)17(19,20)21/h2-6,9,24H,7-8,22-23,25H2,1H3/b6-5-,24-14?. The SMILES string of the molecule is CC1CC(N(N)C(=N)/C=C\N)=C(N)CN1C(=O)c1cccc(C(F)(F)F)c1Cl. The van der Waals surface area contributed by atoms with Crippen LogP contribution < -0.4 is 17.3 Å². The van der Waals surface area contributed by atoms with Crippen molar-refractivity contribution in [2.75, 3.05) is 6.54 Å². The Morgan fingerprint density at radius 3 is 2.64 bits per heavy atom. The molecule has 1 aliphatic rings. The minimum Gasteiger partial charge on any atom is -0.404 e. The van der Waals surface area contributed by atoms with E-state index in [2.05, 4.69) is 0 Å². The summed E-state index contributed by atoms with van der Waals surface area (Å²) in [5.41, 5.74) is 10.6. The van der Waals surface area contributed by atoms with E-state index in [9.17, 15) is 18.0 Å². The first-order valence-electron chi connectivity index (χ1n) is 8.14. The maximum absolute atomic E-state index is 13.1. The van der Waals surface area contributed by atoms with E-state index >= 15 is 0 Å². The highest BCUT2D eigenvalue weighted by Crippen LogP contribution is 2.37. The fourth-order valence-corrected chi connectivity index (χ4v) is 3.18. The van der Waals surface area contributed by atoms with Gasteiger partial charge < -0.3 is 16.4 Å². The molecule has 11 heteroatoms. The Morgan fingerprint density at radius 1 is 1.43 bits per heavy atom. The number of halogens is 4. The van der Waals surface area contributed by atoms with E-state index in [4.69, 9.17) is 34.3 Å². The van der Waals surface area contributed by atoms with Gasteiger partial charge in [0.05, 0.1) is 28.4 Å². The Hall–Kier alpha value is -2.72. The first-order valence-corrected chi connectivity index (χ1v) is 8.52. The minimum atomic E-state index is -4.68.